The maximum atomic E-state index is 13.1. The van der Waals surface area contributed by atoms with Crippen molar-refractivity contribution in [3.8, 4) is 5.75 Å². The van der Waals surface area contributed by atoms with Gasteiger partial charge >= 0.3 is 0 Å². The molecule has 0 saturated carbocycles. The third-order valence-electron chi connectivity index (χ3n) is 3.87. The molecule has 5 heteroatoms. The minimum Gasteiger partial charge on any atom is -0.489 e. The van der Waals surface area contributed by atoms with Crippen molar-refractivity contribution in [2.45, 2.75) is 13.5 Å². The van der Waals surface area contributed by atoms with Gasteiger partial charge in [-0.05, 0) is 54.4 Å². The third kappa shape index (κ3) is 5.51. The van der Waals surface area contributed by atoms with Crippen LogP contribution in [0.3, 0.4) is 0 Å². The van der Waals surface area contributed by atoms with E-state index in [1.807, 2.05) is 31.2 Å². The minimum absolute atomic E-state index is 0.354. The molecule has 0 saturated heterocycles. The van der Waals surface area contributed by atoms with Crippen molar-refractivity contribution in [2.75, 3.05) is 0 Å². The van der Waals surface area contributed by atoms with Crippen LogP contribution in [0.1, 0.15) is 27.0 Å². The Morgan fingerprint density at radius 3 is 2.52 bits per heavy atom. The lowest BCUT2D eigenvalue weighted by atomic mass is 10.2. The molecule has 136 valence electrons. The first-order valence-corrected chi connectivity index (χ1v) is 8.47. The first-order chi connectivity index (χ1) is 13.1. The van der Waals surface area contributed by atoms with Crippen molar-refractivity contribution in [1.29, 1.82) is 0 Å². The second-order valence-corrected chi connectivity index (χ2v) is 6.05. The van der Waals surface area contributed by atoms with Crippen molar-refractivity contribution in [3.05, 3.63) is 101 Å². The average molecular weight is 362 g/mol. The summed E-state index contributed by atoms with van der Waals surface area (Å²) in [5.74, 6) is -0.0328. The van der Waals surface area contributed by atoms with Crippen LogP contribution in [0.2, 0.25) is 0 Å². The van der Waals surface area contributed by atoms with E-state index in [9.17, 15) is 9.18 Å². The molecule has 0 aromatic heterocycles. The van der Waals surface area contributed by atoms with Crippen LogP contribution in [0.4, 0.5) is 4.39 Å². The first-order valence-electron chi connectivity index (χ1n) is 8.47. The van der Waals surface area contributed by atoms with E-state index in [1.165, 1.54) is 23.9 Å². The summed E-state index contributed by atoms with van der Waals surface area (Å²) in [6.45, 7) is 2.50. The van der Waals surface area contributed by atoms with Crippen molar-refractivity contribution in [3.63, 3.8) is 0 Å². The molecule has 0 spiro atoms. The number of aryl methyl sites for hydroxylation is 1. The molecule has 0 aliphatic heterocycles. The molecule has 4 nitrogen and oxygen atoms in total. The van der Waals surface area contributed by atoms with Crippen molar-refractivity contribution >= 4 is 12.1 Å². The van der Waals surface area contributed by atoms with E-state index in [2.05, 4.69) is 10.5 Å². The molecular weight excluding hydrogens is 343 g/mol. The van der Waals surface area contributed by atoms with Crippen LogP contribution in [0, 0.1) is 12.7 Å². The van der Waals surface area contributed by atoms with Gasteiger partial charge in [0.15, 0.2) is 0 Å². The number of nitrogens with one attached hydrogen (secondary N) is 1. The molecule has 3 rings (SSSR count). The third-order valence-corrected chi connectivity index (χ3v) is 3.87. The van der Waals surface area contributed by atoms with Crippen molar-refractivity contribution < 1.29 is 13.9 Å². The zero-order valence-corrected chi connectivity index (χ0v) is 14.9. The molecule has 3 aromatic rings. The summed E-state index contributed by atoms with van der Waals surface area (Å²) in [6.07, 6.45) is 1.39. The van der Waals surface area contributed by atoms with Crippen LogP contribution < -0.4 is 10.2 Å². The number of hydrazone groups is 1. The van der Waals surface area contributed by atoms with Gasteiger partial charge in [-0.25, -0.2) is 9.82 Å². The number of ether oxygens (including phenoxy) is 1. The lowest BCUT2D eigenvalue weighted by Gasteiger charge is -2.07. The second-order valence-electron chi connectivity index (χ2n) is 6.05. The molecule has 0 unspecified atom stereocenters. The smallest absolute Gasteiger partial charge is 0.271 e. The topological polar surface area (TPSA) is 50.7 Å². The number of nitrogens with zero attached hydrogens (tertiary/aromatic N) is 1. The van der Waals surface area contributed by atoms with E-state index < -0.39 is 0 Å². The normalized spacial score (nSPS) is 10.7. The fraction of sp³-hybridized carbons (Fsp3) is 0.0909. The molecule has 0 radical (unpaired) electrons. The fourth-order valence-electron chi connectivity index (χ4n) is 2.37. The quantitative estimate of drug-likeness (QED) is 0.519. The van der Waals surface area contributed by atoms with Gasteiger partial charge in [-0.3, -0.25) is 4.79 Å². The highest BCUT2D eigenvalue weighted by atomic mass is 19.1. The summed E-state index contributed by atoms with van der Waals surface area (Å²) in [4.78, 5) is 12.1. The number of carbonyl (C=O) groups is 1. The van der Waals surface area contributed by atoms with Gasteiger partial charge in [0.2, 0.25) is 0 Å². The molecule has 0 atom stereocenters. The Labute approximate surface area is 157 Å². The number of halogens is 1. The van der Waals surface area contributed by atoms with Crippen LogP contribution in [0.25, 0.3) is 0 Å². The van der Waals surface area contributed by atoms with Gasteiger partial charge < -0.3 is 4.74 Å². The van der Waals surface area contributed by atoms with Gasteiger partial charge in [-0.2, -0.15) is 5.10 Å². The van der Waals surface area contributed by atoms with Crippen LogP contribution in [0.5, 0.6) is 5.75 Å². The maximum absolute atomic E-state index is 13.1. The molecular formula is C22H19FN2O2. The molecule has 0 fully saturated rings. The number of rotatable bonds is 6. The average Bonchev–Trinajstić information content (AvgIpc) is 2.68. The van der Waals surface area contributed by atoms with Crippen LogP contribution in [0.15, 0.2) is 77.9 Å². The monoisotopic (exact) mass is 362 g/mol. The van der Waals surface area contributed by atoms with Crippen molar-refractivity contribution in [2.24, 2.45) is 5.10 Å². The molecule has 0 aliphatic carbocycles. The summed E-state index contributed by atoms with van der Waals surface area (Å²) in [5.41, 5.74) is 5.72. The van der Waals surface area contributed by atoms with E-state index in [0.29, 0.717) is 23.5 Å². The predicted octanol–water partition coefficient (Wildman–Crippen LogP) is 4.48. The highest BCUT2D eigenvalue weighted by Crippen LogP contribution is 2.14. The Morgan fingerprint density at radius 1 is 1.07 bits per heavy atom. The molecule has 3 aromatic carbocycles. The number of hydrogen-bond acceptors (Lipinski definition) is 3. The van der Waals surface area contributed by atoms with Crippen molar-refractivity contribution in [1.82, 2.24) is 5.43 Å². The zero-order valence-electron chi connectivity index (χ0n) is 14.9. The van der Waals surface area contributed by atoms with Gasteiger partial charge in [0, 0.05) is 5.56 Å². The molecule has 0 bridgehead atoms. The highest BCUT2D eigenvalue weighted by molar-refractivity contribution is 5.94. The van der Waals surface area contributed by atoms with Gasteiger partial charge in [0.25, 0.3) is 5.91 Å². The summed E-state index contributed by atoms with van der Waals surface area (Å²) >= 11 is 0. The minimum atomic E-state index is -0.355. The highest BCUT2D eigenvalue weighted by Gasteiger charge is 2.04. The lowest BCUT2D eigenvalue weighted by molar-refractivity contribution is 0.0955. The van der Waals surface area contributed by atoms with Gasteiger partial charge in [-0.1, -0.05) is 42.0 Å². The van der Waals surface area contributed by atoms with Gasteiger partial charge in [0.05, 0.1) is 6.21 Å². The summed E-state index contributed by atoms with van der Waals surface area (Å²) in [5, 5.41) is 3.84. The number of benzene rings is 3. The standard InChI is InChI=1S/C22H19FN2O2/c1-16-5-7-17(8-6-16)15-27-21-11-9-19(10-12-21)22(26)25-24-14-18-3-2-4-20(23)13-18/h2-14H,15H2,1H3,(H,25,26)/b24-14-. The molecule has 1 amide bonds. The first kappa shape index (κ1) is 18.3. The Kier molecular flexibility index (Phi) is 5.94. The zero-order chi connectivity index (χ0) is 19.1. The van der Waals surface area contributed by atoms with Gasteiger partial charge in [0.1, 0.15) is 18.2 Å². The number of hydrogen-bond donors (Lipinski definition) is 1. The summed E-state index contributed by atoms with van der Waals surface area (Å²) in [6, 6.07) is 20.9. The number of carbonyl (C=O) groups excluding carboxylic acids is 1. The van der Waals surface area contributed by atoms with E-state index in [4.69, 9.17) is 4.74 Å². The fourth-order valence-corrected chi connectivity index (χ4v) is 2.37. The number of amides is 1. The summed E-state index contributed by atoms with van der Waals surface area (Å²) in [7, 11) is 0. The Balaban J connectivity index is 1.53. The van der Waals surface area contributed by atoms with Crippen LogP contribution in [-0.4, -0.2) is 12.1 Å². The lowest BCUT2D eigenvalue weighted by Crippen LogP contribution is -2.17. The van der Waals surface area contributed by atoms with Gasteiger partial charge in [-0.15, -0.1) is 0 Å². The Hall–Kier alpha value is -3.47. The van der Waals surface area contributed by atoms with E-state index in [1.54, 1.807) is 36.4 Å². The largest absolute Gasteiger partial charge is 0.489 e. The Morgan fingerprint density at radius 2 is 1.81 bits per heavy atom. The second kappa shape index (κ2) is 8.76. The van der Waals surface area contributed by atoms with E-state index in [-0.39, 0.29) is 11.7 Å². The molecule has 0 heterocycles. The SMILES string of the molecule is Cc1ccc(COc2ccc(C(=O)N/N=C\c3cccc(F)c3)cc2)cc1. The Bertz CT molecular complexity index is 935. The van der Waals surface area contributed by atoms with Crippen LogP contribution in [-0.2, 0) is 6.61 Å². The predicted molar refractivity (Wildman–Crippen MR) is 103 cm³/mol. The van der Waals surface area contributed by atoms with E-state index in [0.717, 1.165) is 5.56 Å². The van der Waals surface area contributed by atoms with Crippen LogP contribution >= 0.6 is 0 Å². The molecule has 1 N–H and O–H groups in total. The molecule has 0 aliphatic rings. The summed E-state index contributed by atoms with van der Waals surface area (Å²) < 4.78 is 18.8. The maximum Gasteiger partial charge on any atom is 0.271 e. The van der Waals surface area contributed by atoms with E-state index >= 15 is 0 Å². The molecule has 27 heavy (non-hydrogen) atoms.